The Morgan fingerprint density at radius 2 is 1.36 bits per heavy atom. The van der Waals surface area contributed by atoms with Crippen LogP contribution in [0.1, 0.15) is 85.5 Å². The number of aromatic nitrogens is 2. The first-order valence-electron chi connectivity index (χ1n) is 17.8. The largest absolute Gasteiger partial charge is 0.493 e. The van der Waals surface area contributed by atoms with E-state index in [1.807, 2.05) is 0 Å². The molecule has 0 radical (unpaired) electrons. The van der Waals surface area contributed by atoms with Crippen molar-refractivity contribution in [2.75, 3.05) is 6.61 Å². The number of benzene rings is 5. The van der Waals surface area contributed by atoms with Gasteiger partial charge < -0.3 is 9.30 Å². The minimum Gasteiger partial charge on any atom is -0.493 e. The van der Waals surface area contributed by atoms with E-state index in [1.54, 1.807) is 0 Å². The molecule has 1 aromatic heterocycles. The Bertz CT molecular complexity index is 1990. The van der Waals surface area contributed by atoms with Gasteiger partial charge in [0, 0.05) is 26.3 Å². The van der Waals surface area contributed by atoms with E-state index in [2.05, 4.69) is 137 Å². The molecule has 0 spiro atoms. The Morgan fingerprint density at radius 3 is 2.09 bits per heavy atom. The first kappa shape index (κ1) is 34.0. The zero-order valence-electron chi connectivity index (χ0n) is 28.4. The molecule has 0 saturated carbocycles. The van der Waals surface area contributed by atoms with Crippen LogP contribution in [0.4, 0.5) is 0 Å². The smallest absolute Gasteiger partial charge is 0.145 e. The van der Waals surface area contributed by atoms with Gasteiger partial charge in [0.2, 0.25) is 0 Å². The molecule has 1 heterocycles. The molecule has 47 heavy (non-hydrogen) atoms. The molecule has 0 N–H and O–H groups in total. The highest BCUT2D eigenvalue weighted by atomic mass is 79.9. The molecule has 5 heteroatoms. The molecule has 0 aliphatic carbocycles. The number of nitrogens with zero attached hydrogens (tertiary/aromatic N) is 2. The van der Waals surface area contributed by atoms with E-state index in [0.717, 1.165) is 57.6 Å². The van der Waals surface area contributed by atoms with Gasteiger partial charge in [-0.25, -0.2) is 4.98 Å². The fourth-order valence-corrected chi connectivity index (χ4v) is 7.97. The van der Waals surface area contributed by atoms with Gasteiger partial charge in [-0.1, -0.05) is 147 Å². The van der Waals surface area contributed by atoms with E-state index in [4.69, 9.17) is 9.72 Å². The first-order chi connectivity index (χ1) is 23.0. The maximum atomic E-state index is 6.88. The van der Waals surface area contributed by atoms with Crippen molar-refractivity contribution in [2.24, 2.45) is 11.8 Å². The number of imidazole rings is 1. The van der Waals surface area contributed by atoms with E-state index < -0.39 is 0 Å². The third-order valence-corrected chi connectivity index (χ3v) is 11.1. The third kappa shape index (κ3) is 7.13. The topological polar surface area (TPSA) is 27.1 Å². The normalized spacial score (nSPS) is 13.2. The number of halogens is 2. The summed E-state index contributed by atoms with van der Waals surface area (Å²) in [6.07, 6.45) is 10.9. The zero-order valence-corrected chi connectivity index (χ0v) is 31.6. The third-order valence-electron chi connectivity index (χ3n) is 10.1. The number of fused-ring (bicyclic) bond motifs is 7. The van der Waals surface area contributed by atoms with Crippen molar-refractivity contribution < 1.29 is 4.74 Å². The minimum absolute atomic E-state index is 0.542. The maximum absolute atomic E-state index is 6.88. The lowest BCUT2D eigenvalue weighted by atomic mass is 9.97. The predicted octanol–water partition coefficient (Wildman–Crippen LogP) is 13.9. The summed E-state index contributed by atoms with van der Waals surface area (Å²) in [6, 6.07) is 26.5. The van der Waals surface area contributed by atoms with Gasteiger partial charge in [-0.15, -0.1) is 0 Å². The van der Waals surface area contributed by atoms with Crippen LogP contribution < -0.4 is 4.74 Å². The summed E-state index contributed by atoms with van der Waals surface area (Å²) in [7, 11) is 0. The van der Waals surface area contributed by atoms with Crippen LogP contribution in [-0.4, -0.2) is 16.2 Å². The molecule has 246 valence electrons. The van der Waals surface area contributed by atoms with Crippen molar-refractivity contribution in [2.45, 2.75) is 92.0 Å². The number of unbranched alkanes of at least 4 members (excludes halogenated alkanes) is 3. The summed E-state index contributed by atoms with van der Waals surface area (Å²) < 4.78 is 11.6. The summed E-state index contributed by atoms with van der Waals surface area (Å²) in [4.78, 5) is 5.67. The van der Waals surface area contributed by atoms with Crippen molar-refractivity contribution in [1.82, 2.24) is 9.55 Å². The first-order valence-corrected chi connectivity index (χ1v) is 19.4. The molecular formula is C42H48Br2N2O. The highest BCUT2D eigenvalue weighted by Crippen LogP contribution is 2.44. The van der Waals surface area contributed by atoms with E-state index in [-0.39, 0.29) is 0 Å². The average Bonchev–Trinajstić information content (AvgIpc) is 3.46. The van der Waals surface area contributed by atoms with Gasteiger partial charge in [-0.3, -0.25) is 0 Å². The summed E-state index contributed by atoms with van der Waals surface area (Å²) in [5.74, 6) is 3.04. The van der Waals surface area contributed by atoms with Crippen molar-refractivity contribution >= 4 is 75.2 Å². The van der Waals surface area contributed by atoms with Gasteiger partial charge >= 0.3 is 0 Å². The van der Waals surface area contributed by atoms with Crippen LogP contribution in [-0.2, 0) is 6.54 Å². The quantitative estimate of drug-likeness (QED) is 0.0771. The standard InChI is InChI=1S/C42H48Br2N2O/c1-5-9-11-15-29(8-4)27-47-38-23-18-30-16-12-13-17-33(30)39(38)42-45-40-36-24-31(43)19-21-34(36)35-22-20-32(44)25-37(35)41(40)46(42)26-28(7-3)14-10-6-2/h12-13,16-25,28-29H,5-11,14-15,26-27H2,1-4H3. The van der Waals surface area contributed by atoms with Crippen LogP contribution in [0, 0.1) is 11.8 Å². The van der Waals surface area contributed by atoms with Gasteiger partial charge in [0.05, 0.1) is 23.2 Å². The van der Waals surface area contributed by atoms with Gasteiger partial charge in [-0.05, 0) is 76.6 Å². The minimum atomic E-state index is 0.542. The molecule has 0 aliphatic heterocycles. The van der Waals surface area contributed by atoms with Crippen molar-refractivity contribution in [3.8, 4) is 17.1 Å². The molecule has 6 aromatic rings. The number of hydrogen-bond acceptors (Lipinski definition) is 2. The van der Waals surface area contributed by atoms with E-state index in [0.29, 0.717) is 11.8 Å². The highest BCUT2D eigenvalue weighted by Gasteiger charge is 2.25. The van der Waals surface area contributed by atoms with E-state index >= 15 is 0 Å². The van der Waals surface area contributed by atoms with Crippen LogP contribution in [0.2, 0.25) is 0 Å². The lowest BCUT2D eigenvalue weighted by molar-refractivity contribution is 0.233. The van der Waals surface area contributed by atoms with Crippen LogP contribution in [0.25, 0.3) is 54.7 Å². The second-order valence-corrected chi connectivity index (χ2v) is 15.1. The summed E-state index contributed by atoms with van der Waals surface area (Å²) in [6.45, 7) is 10.9. The number of hydrogen-bond donors (Lipinski definition) is 0. The SMILES string of the molecule is CCCCCC(CC)COc1ccc2ccccc2c1-c1nc2c3cc(Br)ccc3c3ccc(Br)cc3c2n1CC(CC)CCCC. The molecule has 5 aromatic carbocycles. The molecule has 0 saturated heterocycles. The second-order valence-electron chi connectivity index (χ2n) is 13.3. The average molecular weight is 757 g/mol. The van der Waals surface area contributed by atoms with Crippen molar-refractivity contribution in [3.05, 3.63) is 81.7 Å². The molecule has 0 bridgehead atoms. The Labute approximate surface area is 297 Å². The Balaban J connectivity index is 1.64. The van der Waals surface area contributed by atoms with Gasteiger partial charge in [0.25, 0.3) is 0 Å². The molecule has 3 nitrogen and oxygen atoms in total. The summed E-state index contributed by atoms with van der Waals surface area (Å²) in [5.41, 5.74) is 3.37. The number of rotatable bonds is 15. The lowest BCUT2D eigenvalue weighted by Crippen LogP contribution is -2.14. The van der Waals surface area contributed by atoms with Crippen LogP contribution in [0.15, 0.2) is 81.7 Å². The van der Waals surface area contributed by atoms with Crippen molar-refractivity contribution in [1.29, 1.82) is 0 Å². The maximum Gasteiger partial charge on any atom is 0.145 e. The lowest BCUT2D eigenvalue weighted by Gasteiger charge is -2.22. The fraction of sp³-hybridized carbons (Fsp3) is 0.405. The molecule has 6 rings (SSSR count). The molecule has 0 amide bonds. The highest BCUT2D eigenvalue weighted by molar-refractivity contribution is 9.10. The van der Waals surface area contributed by atoms with E-state index in [1.165, 1.54) is 82.8 Å². The molecule has 2 atom stereocenters. The Kier molecular flexibility index (Phi) is 11.2. The molecular weight excluding hydrogens is 708 g/mol. The number of ether oxygens (including phenoxy) is 1. The zero-order chi connectivity index (χ0) is 32.9. The Hall–Kier alpha value is -2.89. The van der Waals surface area contributed by atoms with Crippen LogP contribution in [0.5, 0.6) is 5.75 Å². The summed E-state index contributed by atoms with van der Waals surface area (Å²) >= 11 is 7.61. The van der Waals surface area contributed by atoms with E-state index in [9.17, 15) is 0 Å². The molecule has 0 aliphatic rings. The van der Waals surface area contributed by atoms with Crippen LogP contribution in [0.3, 0.4) is 0 Å². The summed E-state index contributed by atoms with van der Waals surface area (Å²) in [5, 5.41) is 7.29. The molecule has 0 fully saturated rings. The molecule has 2 unspecified atom stereocenters. The Morgan fingerprint density at radius 1 is 0.681 bits per heavy atom. The van der Waals surface area contributed by atoms with Gasteiger partial charge in [-0.2, -0.15) is 0 Å². The van der Waals surface area contributed by atoms with Gasteiger partial charge in [0.15, 0.2) is 0 Å². The predicted molar refractivity (Wildman–Crippen MR) is 210 cm³/mol. The van der Waals surface area contributed by atoms with Crippen LogP contribution >= 0.6 is 31.9 Å². The fourth-order valence-electron chi connectivity index (χ4n) is 7.25. The second kappa shape index (κ2) is 15.6. The monoisotopic (exact) mass is 754 g/mol. The van der Waals surface area contributed by atoms with Gasteiger partial charge in [0.1, 0.15) is 11.6 Å². The van der Waals surface area contributed by atoms with Crippen molar-refractivity contribution in [3.63, 3.8) is 0 Å².